The van der Waals surface area contributed by atoms with Crippen molar-refractivity contribution in [2.45, 2.75) is 18.9 Å². The lowest BCUT2D eigenvalue weighted by Crippen LogP contribution is -2.26. The Morgan fingerprint density at radius 2 is 2.29 bits per heavy atom. The standard InChI is InChI=1S/C10H11F2N3O2/c1-4(16)5-2-13-9(17)7(5)8-6(11)3-14-10(12)15-8/h3-5,7,16H,2H2,1H3,(H,13,17)/t4-,5?,7-/m1/s1. The summed E-state index contributed by atoms with van der Waals surface area (Å²) in [5.74, 6) is -2.81. The number of hydrogen-bond donors (Lipinski definition) is 2. The molecule has 92 valence electrons. The highest BCUT2D eigenvalue weighted by atomic mass is 19.1. The molecule has 1 aromatic rings. The van der Waals surface area contributed by atoms with Crippen LogP contribution in [-0.2, 0) is 4.79 Å². The smallest absolute Gasteiger partial charge is 0.309 e. The normalized spacial score (nSPS) is 25.8. The molecule has 0 aromatic carbocycles. The Morgan fingerprint density at radius 3 is 2.94 bits per heavy atom. The highest BCUT2D eigenvalue weighted by molar-refractivity contribution is 5.85. The number of hydrogen-bond acceptors (Lipinski definition) is 4. The first-order valence-electron chi connectivity index (χ1n) is 5.14. The second-order valence-electron chi connectivity index (χ2n) is 4.00. The van der Waals surface area contributed by atoms with Gasteiger partial charge in [0.15, 0.2) is 5.82 Å². The van der Waals surface area contributed by atoms with Crippen LogP contribution in [0, 0.1) is 17.8 Å². The fourth-order valence-electron chi connectivity index (χ4n) is 1.99. The van der Waals surface area contributed by atoms with E-state index in [-0.39, 0.29) is 12.2 Å². The molecule has 2 N–H and O–H groups in total. The third-order valence-corrected chi connectivity index (χ3v) is 2.88. The monoisotopic (exact) mass is 243 g/mol. The predicted molar refractivity (Wildman–Crippen MR) is 52.9 cm³/mol. The third-order valence-electron chi connectivity index (χ3n) is 2.88. The van der Waals surface area contributed by atoms with E-state index in [0.717, 1.165) is 0 Å². The lowest BCUT2D eigenvalue weighted by molar-refractivity contribution is -0.121. The van der Waals surface area contributed by atoms with Gasteiger partial charge in [-0.3, -0.25) is 4.79 Å². The van der Waals surface area contributed by atoms with Gasteiger partial charge in [-0.25, -0.2) is 14.4 Å². The summed E-state index contributed by atoms with van der Waals surface area (Å²) >= 11 is 0. The van der Waals surface area contributed by atoms with E-state index in [1.54, 1.807) is 0 Å². The molecular formula is C10H11F2N3O2. The highest BCUT2D eigenvalue weighted by Gasteiger charge is 2.41. The maximum Gasteiger partial charge on any atom is 0.309 e. The SMILES string of the molecule is C[C@@H](O)C1CNC(=O)[C@H]1c1nc(F)ncc1F. The summed E-state index contributed by atoms with van der Waals surface area (Å²) in [6.45, 7) is 1.71. The minimum Gasteiger partial charge on any atom is -0.393 e. The van der Waals surface area contributed by atoms with Crippen molar-refractivity contribution >= 4 is 5.91 Å². The van der Waals surface area contributed by atoms with E-state index in [9.17, 15) is 18.7 Å². The van der Waals surface area contributed by atoms with Crippen LogP contribution in [0.25, 0.3) is 0 Å². The molecule has 1 aliphatic heterocycles. The Labute approximate surface area is 95.9 Å². The molecule has 1 aliphatic rings. The van der Waals surface area contributed by atoms with Gasteiger partial charge in [0.05, 0.1) is 23.9 Å². The highest BCUT2D eigenvalue weighted by Crippen LogP contribution is 2.31. The van der Waals surface area contributed by atoms with Crippen LogP contribution in [-0.4, -0.2) is 33.6 Å². The lowest BCUT2D eigenvalue weighted by Gasteiger charge is -2.18. The summed E-state index contributed by atoms with van der Waals surface area (Å²) in [6, 6.07) is 0. The van der Waals surface area contributed by atoms with Crippen LogP contribution in [0.4, 0.5) is 8.78 Å². The zero-order chi connectivity index (χ0) is 12.6. The van der Waals surface area contributed by atoms with Crippen LogP contribution >= 0.6 is 0 Å². The van der Waals surface area contributed by atoms with Gasteiger partial charge in [-0.05, 0) is 6.92 Å². The average Bonchev–Trinajstić information content (AvgIpc) is 2.64. The first-order chi connectivity index (χ1) is 8.00. The largest absolute Gasteiger partial charge is 0.393 e. The van der Waals surface area contributed by atoms with E-state index < -0.39 is 35.7 Å². The van der Waals surface area contributed by atoms with Crippen LogP contribution in [0.1, 0.15) is 18.5 Å². The molecule has 1 unspecified atom stereocenters. The number of carbonyl (C=O) groups excluding carboxylic acids is 1. The number of halogens is 2. The fraction of sp³-hybridized carbons (Fsp3) is 0.500. The topological polar surface area (TPSA) is 75.1 Å². The molecule has 0 saturated carbocycles. The van der Waals surface area contributed by atoms with Gasteiger partial charge in [-0.15, -0.1) is 0 Å². The van der Waals surface area contributed by atoms with E-state index in [1.165, 1.54) is 6.92 Å². The number of rotatable bonds is 2. The molecule has 1 fully saturated rings. The summed E-state index contributed by atoms with van der Waals surface area (Å²) in [5, 5.41) is 12.0. The van der Waals surface area contributed by atoms with Gasteiger partial charge in [0.2, 0.25) is 5.91 Å². The Balaban J connectivity index is 2.42. The van der Waals surface area contributed by atoms with Crippen molar-refractivity contribution in [3.05, 3.63) is 23.8 Å². The van der Waals surface area contributed by atoms with Gasteiger partial charge in [0.1, 0.15) is 0 Å². The summed E-state index contributed by atoms with van der Waals surface area (Å²) < 4.78 is 26.4. The number of aromatic nitrogens is 2. The van der Waals surface area contributed by atoms with Gasteiger partial charge in [-0.1, -0.05) is 0 Å². The van der Waals surface area contributed by atoms with Gasteiger partial charge >= 0.3 is 6.08 Å². The summed E-state index contributed by atoms with van der Waals surface area (Å²) in [5.41, 5.74) is -0.307. The molecule has 2 rings (SSSR count). The number of nitrogens with zero attached hydrogens (tertiary/aromatic N) is 2. The first-order valence-corrected chi connectivity index (χ1v) is 5.14. The van der Waals surface area contributed by atoms with Crippen LogP contribution < -0.4 is 5.32 Å². The van der Waals surface area contributed by atoms with Crippen LogP contribution in [0.2, 0.25) is 0 Å². The van der Waals surface area contributed by atoms with E-state index in [2.05, 4.69) is 15.3 Å². The molecule has 2 heterocycles. The molecule has 0 radical (unpaired) electrons. The molecular weight excluding hydrogens is 232 g/mol. The predicted octanol–water partition coefficient (Wildman–Crippen LogP) is -0.0348. The number of nitrogens with one attached hydrogen (secondary N) is 1. The molecule has 3 atom stereocenters. The summed E-state index contributed by atoms with van der Waals surface area (Å²) in [4.78, 5) is 18.0. The van der Waals surface area contributed by atoms with Crippen molar-refractivity contribution in [3.8, 4) is 0 Å². The molecule has 1 saturated heterocycles. The van der Waals surface area contributed by atoms with Crippen molar-refractivity contribution in [3.63, 3.8) is 0 Å². The van der Waals surface area contributed by atoms with Crippen molar-refractivity contribution < 1.29 is 18.7 Å². The zero-order valence-electron chi connectivity index (χ0n) is 9.02. The third kappa shape index (κ3) is 2.10. The molecule has 0 aliphatic carbocycles. The van der Waals surface area contributed by atoms with Crippen molar-refractivity contribution in [2.75, 3.05) is 6.54 Å². The summed E-state index contributed by atoms with van der Waals surface area (Å²) in [6.07, 6.45) is -1.23. The molecule has 1 aromatic heterocycles. The second-order valence-corrected chi connectivity index (χ2v) is 4.00. The van der Waals surface area contributed by atoms with Crippen molar-refractivity contribution in [1.82, 2.24) is 15.3 Å². The molecule has 0 spiro atoms. The quantitative estimate of drug-likeness (QED) is 0.715. The number of aliphatic hydroxyl groups is 1. The van der Waals surface area contributed by atoms with Crippen molar-refractivity contribution in [2.24, 2.45) is 5.92 Å². The first kappa shape index (κ1) is 11.8. The molecule has 5 nitrogen and oxygen atoms in total. The van der Waals surface area contributed by atoms with Crippen LogP contribution in [0.3, 0.4) is 0 Å². The van der Waals surface area contributed by atoms with Gasteiger partial charge < -0.3 is 10.4 Å². The van der Waals surface area contributed by atoms with E-state index in [4.69, 9.17) is 0 Å². The minimum atomic E-state index is -1.09. The second kappa shape index (κ2) is 4.33. The fourth-order valence-corrected chi connectivity index (χ4v) is 1.99. The summed E-state index contributed by atoms with van der Waals surface area (Å²) in [7, 11) is 0. The van der Waals surface area contributed by atoms with Crippen LogP contribution in [0.15, 0.2) is 6.20 Å². The van der Waals surface area contributed by atoms with Crippen molar-refractivity contribution in [1.29, 1.82) is 0 Å². The molecule has 17 heavy (non-hydrogen) atoms. The maximum absolute atomic E-state index is 13.5. The Morgan fingerprint density at radius 1 is 1.59 bits per heavy atom. The average molecular weight is 243 g/mol. The van der Waals surface area contributed by atoms with Gasteiger partial charge in [0, 0.05) is 12.5 Å². The Hall–Kier alpha value is -1.63. The lowest BCUT2D eigenvalue weighted by atomic mass is 9.88. The van der Waals surface area contributed by atoms with E-state index >= 15 is 0 Å². The maximum atomic E-state index is 13.5. The molecule has 1 amide bonds. The molecule has 0 bridgehead atoms. The number of aliphatic hydroxyl groups excluding tert-OH is 1. The Bertz CT molecular complexity index is 453. The number of amides is 1. The van der Waals surface area contributed by atoms with Gasteiger partial charge in [0.25, 0.3) is 0 Å². The van der Waals surface area contributed by atoms with Gasteiger partial charge in [-0.2, -0.15) is 4.39 Å². The minimum absolute atomic E-state index is 0.215. The Kier molecular flexibility index (Phi) is 3.01. The van der Waals surface area contributed by atoms with E-state index in [0.29, 0.717) is 6.20 Å². The number of carbonyl (C=O) groups is 1. The van der Waals surface area contributed by atoms with E-state index in [1.807, 2.05) is 0 Å². The molecule has 7 heteroatoms. The zero-order valence-corrected chi connectivity index (χ0v) is 9.02. The van der Waals surface area contributed by atoms with Crippen LogP contribution in [0.5, 0.6) is 0 Å².